The summed E-state index contributed by atoms with van der Waals surface area (Å²) in [6.07, 6.45) is 0. The Labute approximate surface area is 236 Å². The van der Waals surface area contributed by atoms with Crippen molar-refractivity contribution in [3.63, 3.8) is 0 Å². The average Bonchev–Trinajstić information content (AvgIpc) is 3.39. The number of benzene rings is 2. The number of thiazole rings is 1. The van der Waals surface area contributed by atoms with Gasteiger partial charge in [0.15, 0.2) is 5.13 Å². The number of rotatable bonds is 8. The number of nitrogens with one attached hydrogen (secondary N) is 3. The first-order valence-corrected chi connectivity index (χ1v) is 13.4. The maximum Gasteiger partial charge on any atom is 0.336 e. The van der Waals surface area contributed by atoms with Gasteiger partial charge in [0.1, 0.15) is 17.3 Å². The van der Waals surface area contributed by atoms with Gasteiger partial charge in [-0.15, -0.1) is 11.3 Å². The first-order valence-electron chi connectivity index (χ1n) is 12.5. The number of methoxy groups -OCH3 is 3. The van der Waals surface area contributed by atoms with Crippen molar-refractivity contribution >= 4 is 40.0 Å². The van der Waals surface area contributed by atoms with Gasteiger partial charge < -0.3 is 30.2 Å². The molecule has 1 aromatic heterocycles. The summed E-state index contributed by atoms with van der Waals surface area (Å²) < 4.78 is 15.7. The molecule has 3 aromatic rings. The topological polar surface area (TPSA) is 128 Å². The maximum atomic E-state index is 13.4. The third-order valence-corrected chi connectivity index (χ3v) is 7.57. The molecule has 10 nitrogen and oxygen atoms in total. The Morgan fingerprint density at radius 3 is 2.40 bits per heavy atom. The van der Waals surface area contributed by atoms with E-state index in [1.807, 2.05) is 48.7 Å². The van der Waals surface area contributed by atoms with Crippen LogP contribution in [0.2, 0.25) is 0 Å². The summed E-state index contributed by atoms with van der Waals surface area (Å²) in [5.41, 5.74) is 2.57. The van der Waals surface area contributed by atoms with Crippen LogP contribution in [0.15, 0.2) is 65.2 Å². The van der Waals surface area contributed by atoms with E-state index in [-0.39, 0.29) is 5.91 Å². The maximum absolute atomic E-state index is 13.4. The third-order valence-electron chi connectivity index (χ3n) is 6.81. The fourth-order valence-corrected chi connectivity index (χ4v) is 5.96. The first-order chi connectivity index (χ1) is 19.1. The predicted octanol–water partition coefficient (Wildman–Crippen LogP) is 4.53. The number of allylic oxidation sites excluding steroid dienone is 1. The minimum absolute atomic E-state index is 0.219. The molecule has 1 aliphatic heterocycles. The Balaban J connectivity index is 1.75. The number of anilines is 2. The molecule has 3 atom stereocenters. The third kappa shape index (κ3) is 5.64. The van der Waals surface area contributed by atoms with Crippen LogP contribution in [0.4, 0.5) is 10.8 Å². The van der Waals surface area contributed by atoms with Crippen LogP contribution in [0.25, 0.3) is 11.3 Å². The minimum atomic E-state index is -1.09. The quantitative estimate of drug-likeness (QED) is 0.338. The standard InChI is InChI=1S/C29H32N4O6S/c1-16-23(26(35)38-5)24(18-10-8-7-9-11-18)25(27(36)39-6)29(3,32-16)33-28-31-21(15-40-28)19-12-13-22(37-4)20(14-19)30-17(2)34/h7-15,24-25,32H,1-6H3,(H,30,34)(H,31,33). The molecule has 210 valence electrons. The highest BCUT2D eigenvalue weighted by atomic mass is 32.1. The van der Waals surface area contributed by atoms with Crippen LogP contribution in [-0.4, -0.2) is 49.8 Å². The monoisotopic (exact) mass is 564 g/mol. The molecule has 4 rings (SSSR count). The molecule has 0 aliphatic carbocycles. The highest BCUT2D eigenvalue weighted by Crippen LogP contribution is 2.45. The molecule has 40 heavy (non-hydrogen) atoms. The molecular weight excluding hydrogens is 532 g/mol. The number of esters is 2. The predicted molar refractivity (Wildman–Crippen MR) is 153 cm³/mol. The van der Waals surface area contributed by atoms with E-state index in [1.165, 1.54) is 39.6 Å². The Morgan fingerprint density at radius 1 is 1.05 bits per heavy atom. The Hall–Kier alpha value is -4.38. The Bertz CT molecular complexity index is 1450. The van der Waals surface area contributed by atoms with E-state index in [0.717, 1.165) is 11.1 Å². The number of carbonyl (C=O) groups excluding carboxylic acids is 3. The van der Waals surface area contributed by atoms with Crippen molar-refractivity contribution in [2.45, 2.75) is 32.4 Å². The Morgan fingerprint density at radius 2 is 1.77 bits per heavy atom. The second kappa shape index (κ2) is 11.8. The number of ether oxygens (including phenoxy) is 3. The number of carbonyl (C=O) groups is 3. The van der Waals surface area contributed by atoms with Gasteiger partial charge in [0, 0.05) is 29.5 Å². The van der Waals surface area contributed by atoms with Gasteiger partial charge in [-0.2, -0.15) is 0 Å². The molecule has 0 fully saturated rings. The number of hydrogen-bond acceptors (Lipinski definition) is 10. The molecule has 3 N–H and O–H groups in total. The molecule has 11 heteroatoms. The molecule has 2 heterocycles. The van der Waals surface area contributed by atoms with Crippen LogP contribution in [0, 0.1) is 5.92 Å². The van der Waals surface area contributed by atoms with Crippen molar-refractivity contribution in [3.05, 3.63) is 70.7 Å². The zero-order valence-corrected chi connectivity index (χ0v) is 24.0. The largest absolute Gasteiger partial charge is 0.495 e. The van der Waals surface area contributed by atoms with Crippen molar-refractivity contribution in [2.75, 3.05) is 32.0 Å². The highest BCUT2D eigenvalue weighted by molar-refractivity contribution is 7.14. The number of hydrogen-bond donors (Lipinski definition) is 3. The molecule has 0 saturated carbocycles. The fourth-order valence-electron chi connectivity index (χ4n) is 5.13. The van der Waals surface area contributed by atoms with E-state index < -0.39 is 29.4 Å². The number of aromatic nitrogens is 1. The van der Waals surface area contributed by atoms with Crippen molar-refractivity contribution < 1.29 is 28.6 Å². The fraction of sp³-hybridized carbons (Fsp3) is 0.310. The molecule has 0 bridgehead atoms. The van der Waals surface area contributed by atoms with Crippen LogP contribution in [0.3, 0.4) is 0 Å². The SMILES string of the molecule is COC(=O)C1=C(C)NC(C)(Nc2nc(-c3ccc(OC)c(NC(C)=O)c3)cs2)C(C(=O)OC)C1c1ccccc1. The van der Waals surface area contributed by atoms with Crippen molar-refractivity contribution in [1.29, 1.82) is 0 Å². The molecular formula is C29H32N4O6S. The van der Waals surface area contributed by atoms with E-state index in [4.69, 9.17) is 19.2 Å². The van der Waals surface area contributed by atoms with Gasteiger partial charge in [-0.05, 0) is 37.6 Å². The summed E-state index contributed by atoms with van der Waals surface area (Å²) in [6.45, 7) is 5.05. The Kier molecular flexibility index (Phi) is 8.43. The van der Waals surface area contributed by atoms with Crippen LogP contribution in [0.1, 0.15) is 32.3 Å². The second-order valence-corrected chi connectivity index (χ2v) is 10.4. The smallest absolute Gasteiger partial charge is 0.336 e. The molecule has 1 aliphatic rings. The van der Waals surface area contributed by atoms with E-state index >= 15 is 0 Å². The van der Waals surface area contributed by atoms with Crippen LogP contribution >= 0.6 is 11.3 Å². The zero-order valence-electron chi connectivity index (χ0n) is 23.2. The van der Waals surface area contributed by atoms with E-state index in [2.05, 4.69) is 16.0 Å². The van der Waals surface area contributed by atoms with Gasteiger partial charge in [0.2, 0.25) is 5.91 Å². The summed E-state index contributed by atoms with van der Waals surface area (Å²) in [5, 5.41) is 11.9. The summed E-state index contributed by atoms with van der Waals surface area (Å²) in [7, 11) is 4.18. The zero-order chi connectivity index (χ0) is 29.0. The van der Waals surface area contributed by atoms with Gasteiger partial charge in [-0.3, -0.25) is 9.59 Å². The van der Waals surface area contributed by atoms with Crippen LogP contribution < -0.4 is 20.7 Å². The van der Waals surface area contributed by atoms with Crippen molar-refractivity contribution in [3.8, 4) is 17.0 Å². The lowest BCUT2D eigenvalue weighted by Gasteiger charge is -2.46. The van der Waals surface area contributed by atoms with E-state index in [1.54, 1.807) is 19.1 Å². The first kappa shape index (κ1) is 28.6. The average molecular weight is 565 g/mol. The number of nitrogens with zero attached hydrogens (tertiary/aromatic N) is 1. The van der Waals surface area contributed by atoms with Crippen LogP contribution in [-0.2, 0) is 23.9 Å². The highest BCUT2D eigenvalue weighted by Gasteiger charge is 2.52. The summed E-state index contributed by atoms with van der Waals surface area (Å²) >= 11 is 1.36. The van der Waals surface area contributed by atoms with Gasteiger partial charge in [0.05, 0.1) is 38.3 Å². The van der Waals surface area contributed by atoms with Gasteiger partial charge >= 0.3 is 11.9 Å². The second-order valence-electron chi connectivity index (χ2n) is 9.51. The van der Waals surface area contributed by atoms with Crippen molar-refractivity contribution in [1.82, 2.24) is 10.3 Å². The molecule has 1 amide bonds. The molecule has 2 aromatic carbocycles. The van der Waals surface area contributed by atoms with Crippen molar-refractivity contribution in [2.24, 2.45) is 5.92 Å². The summed E-state index contributed by atoms with van der Waals surface area (Å²) in [6, 6.07) is 14.7. The lowest BCUT2D eigenvalue weighted by atomic mass is 9.71. The molecule has 3 unspecified atom stereocenters. The van der Waals surface area contributed by atoms with Gasteiger partial charge in [0.25, 0.3) is 0 Å². The molecule has 0 spiro atoms. The normalized spacial score (nSPS) is 20.2. The lowest BCUT2D eigenvalue weighted by molar-refractivity contribution is -0.149. The van der Waals surface area contributed by atoms with Crippen LogP contribution in [0.5, 0.6) is 5.75 Å². The van der Waals surface area contributed by atoms with Gasteiger partial charge in [-0.25, -0.2) is 9.78 Å². The lowest BCUT2D eigenvalue weighted by Crippen LogP contribution is -2.62. The summed E-state index contributed by atoms with van der Waals surface area (Å²) in [4.78, 5) is 42.8. The summed E-state index contributed by atoms with van der Waals surface area (Å²) in [5.74, 6) is -2.23. The van der Waals surface area contributed by atoms with E-state index in [9.17, 15) is 14.4 Å². The molecule has 0 saturated heterocycles. The minimum Gasteiger partial charge on any atom is -0.495 e. The number of amides is 1. The van der Waals surface area contributed by atoms with Gasteiger partial charge in [-0.1, -0.05) is 30.3 Å². The van der Waals surface area contributed by atoms with E-state index in [0.29, 0.717) is 33.5 Å². The molecule has 0 radical (unpaired) electrons.